The van der Waals surface area contributed by atoms with Crippen LogP contribution in [-0.4, -0.2) is 11.8 Å². The number of hydrogen-bond acceptors (Lipinski definition) is 2. The fourth-order valence-corrected chi connectivity index (χ4v) is 3.18. The lowest BCUT2D eigenvalue weighted by atomic mass is 10.1. The molecule has 0 heterocycles. The molecule has 1 aromatic rings. The lowest BCUT2D eigenvalue weighted by Gasteiger charge is -2.15. The van der Waals surface area contributed by atoms with Crippen LogP contribution >= 0.6 is 11.8 Å². The van der Waals surface area contributed by atoms with Crippen molar-refractivity contribution in [1.82, 2.24) is 0 Å². The first kappa shape index (κ1) is 12.0. The largest absolute Gasteiger partial charge is 0.327 e. The van der Waals surface area contributed by atoms with Crippen LogP contribution in [0, 0.1) is 5.92 Å². The van der Waals surface area contributed by atoms with Gasteiger partial charge in [-0.3, -0.25) is 0 Å². The Morgan fingerprint density at radius 2 is 2.00 bits per heavy atom. The van der Waals surface area contributed by atoms with Crippen molar-refractivity contribution < 1.29 is 0 Å². The molecule has 0 saturated carbocycles. The number of rotatable bonds is 4. The molecule has 88 valence electrons. The number of benzene rings is 1. The van der Waals surface area contributed by atoms with E-state index < -0.39 is 0 Å². The highest BCUT2D eigenvalue weighted by Crippen LogP contribution is 2.28. The maximum absolute atomic E-state index is 6.06. The average molecular weight is 235 g/mol. The van der Waals surface area contributed by atoms with Gasteiger partial charge in [-0.05, 0) is 48.4 Å². The zero-order valence-corrected chi connectivity index (χ0v) is 11.0. The van der Waals surface area contributed by atoms with E-state index in [1.165, 1.54) is 24.2 Å². The van der Waals surface area contributed by atoms with Gasteiger partial charge >= 0.3 is 0 Å². The van der Waals surface area contributed by atoms with Gasteiger partial charge in [-0.2, -0.15) is 0 Å². The first-order valence-corrected chi connectivity index (χ1v) is 7.15. The molecule has 0 radical (unpaired) electrons. The van der Waals surface area contributed by atoms with Gasteiger partial charge in [0.1, 0.15) is 0 Å². The normalized spacial score (nSPS) is 16.5. The van der Waals surface area contributed by atoms with Crippen molar-refractivity contribution in [3.63, 3.8) is 0 Å². The van der Waals surface area contributed by atoms with Crippen LogP contribution in [0.15, 0.2) is 23.1 Å². The van der Waals surface area contributed by atoms with Crippen molar-refractivity contribution in [2.75, 3.05) is 5.75 Å². The highest BCUT2D eigenvalue weighted by Gasteiger charge is 2.12. The zero-order chi connectivity index (χ0) is 11.5. The smallest absolute Gasteiger partial charge is 0.0157 e. The lowest BCUT2D eigenvalue weighted by Crippen LogP contribution is -2.28. The van der Waals surface area contributed by atoms with E-state index in [0.717, 1.165) is 5.75 Å². The number of hydrogen-bond donors (Lipinski definition) is 1. The molecular weight excluding hydrogens is 214 g/mol. The van der Waals surface area contributed by atoms with Crippen molar-refractivity contribution >= 4 is 11.8 Å². The third-order valence-electron chi connectivity index (χ3n) is 3.37. The summed E-state index contributed by atoms with van der Waals surface area (Å²) in [6.45, 7) is 4.38. The standard InChI is InChI=1S/C14H21NS/c1-10(2)14(15)9-16-13-7-6-11-4-3-5-12(11)8-13/h6-8,10,14H,3-5,9,15H2,1-2H3. The molecular formula is C14H21NS. The molecule has 1 aliphatic rings. The summed E-state index contributed by atoms with van der Waals surface area (Å²) in [5, 5.41) is 0. The zero-order valence-electron chi connectivity index (χ0n) is 10.2. The van der Waals surface area contributed by atoms with E-state index in [0.29, 0.717) is 12.0 Å². The molecule has 0 fully saturated rings. The van der Waals surface area contributed by atoms with E-state index in [9.17, 15) is 0 Å². The van der Waals surface area contributed by atoms with Gasteiger partial charge in [0.25, 0.3) is 0 Å². The molecule has 0 aliphatic heterocycles. The van der Waals surface area contributed by atoms with E-state index in [1.54, 1.807) is 11.1 Å². The molecule has 0 bridgehead atoms. The van der Waals surface area contributed by atoms with Crippen molar-refractivity contribution in [1.29, 1.82) is 0 Å². The molecule has 1 atom stereocenters. The fraction of sp³-hybridized carbons (Fsp3) is 0.571. The van der Waals surface area contributed by atoms with Crippen LogP contribution in [-0.2, 0) is 12.8 Å². The van der Waals surface area contributed by atoms with Gasteiger partial charge in [-0.15, -0.1) is 11.8 Å². The van der Waals surface area contributed by atoms with Crippen LogP contribution in [0.1, 0.15) is 31.4 Å². The van der Waals surface area contributed by atoms with Crippen molar-refractivity contribution in [2.24, 2.45) is 11.7 Å². The summed E-state index contributed by atoms with van der Waals surface area (Å²) in [5.41, 5.74) is 9.17. The van der Waals surface area contributed by atoms with Crippen LogP contribution in [0.25, 0.3) is 0 Å². The molecule has 1 unspecified atom stereocenters. The van der Waals surface area contributed by atoms with Crippen molar-refractivity contribution in [3.05, 3.63) is 29.3 Å². The molecule has 0 spiro atoms. The quantitative estimate of drug-likeness (QED) is 0.811. The Labute approximate surface area is 103 Å². The van der Waals surface area contributed by atoms with Gasteiger partial charge in [0, 0.05) is 16.7 Å². The van der Waals surface area contributed by atoms with Crippen LogP contribution in [0.5, 0.6) is 0 Å². The topological polar surface area (TPSA) is 26.0 Å². The van der Waals surface area contributed by atoms with E-state index in [1.807, 2.05) is 11.8 Å². The van der Waals surface area contributed by atoms with Crippen LogP contribution in [0.4, 0.5) is 0 Å². The first-order valence-electron chi connectivity index (χ1n) is 6.17. The number of aryl methyl sites for hydroxylation is 2. The summed E-state index contributed by atoms with van der Waals surface area (Å²) in [5.74, 6) is 1.60. The minimum Gasteiger partial charge on any atom is -0.327 e. The van der Waals surface area contributed by atoms with Gasteiger partial charge in [-0.25, -0.2) is 0 Å². The SMILES string of the molecule is CC(C)C(N)CSc1ccc2c(c1)CCC2. The Morgan fingerprint density at radius 3 is 2.75 bits per heavy atom. The number of nitrogens with two attached hydrogens (primary N) is 1. The van der Waals surface area contributed by atoms with Gasteiger partial charge in [0.15, 0.2) is 0 Å². The molecule has 0 amide bonds. The summed E-state index contributed by atoms with van der Waals surface area (Å²) in [6, 6.07) is 7.21. The minimum absolute atomic E-state index is 0.304. The van der Waals surface area contributed by atoms with E-state index in [4.69, 9.17) is 5.73 Å². The van der Waals surface area contributed by atoms with Gasteiger partial charge in [-0.1, -0.05) is 19.9 Å². The monoisotopic (exact) mass is 235 g/mol. The molecule has 2 heteroatoms. The number of fused-ring (bicyclic) bond motifs is 1. The Balaban J connectivity index is 1.95. The maximum atomic E-state index is 6.06. The molecule has 1 aliphatic carbocycles. The number of thioether (sulfide) groups is 1. The van der Waals surface area contributed by atoms with Crippen LogP contribution < -0.4 is 5.73 Å². The molecule has 16 heavy (non-hydrogen) atoms. The third-order valence-corrected chi connectivity index (χ3v) is 4.51. The van der Waals surface area contributed by atoms with Gasteiger partial charge in [0.2, 0.25) is 0 Å². The third kappa shape index (κ3) is 2.80. The lowest BCUT2D eigenvalue weighted by molar-refractivity contribution is 0.535. The molecule has 0 saturated heterocycles. The van der Waals surface area contributed by atoms with E-state index in [2.05, 4.69) is 32.0 Å². The second-order valence-electron chi connectivity index (χ2n) is 5.00. The Kier molecular flexibility index (Phi) is 3.93. The highest BCUT2D eigenvalue weighted by molar-refractivity contribution is 7.99. The fourth-order valence-electron chi connectivity index (χ4n) is 2.02. The van der Waals surface area contributed by atoms with E-state index in [-0.39, 0.29) is 0 Å². The predicted octanol–water partition coefficient (Wildman–Crippen LogP) is 3.25. The highest BCUT2D eigenvalue weighted by atomic mass is 32.2. The molecule has 1 aromatic carbocycles. The predicted molar refractivity (Wildman–Crippen MR) is 72.0 cm³/mol. The van der Waals surface area contributed by atoms with E-state index >= 15 is 0 Å². The van der Waals surface area contributed by atoms with Gasteiger partial charge < -0.3 is 5.73 Å². The average Bonchev–Trinajstić information content (AvgIpc) is 2.72. The second kappa shape index (κ2) is 5.24. The molecule has 2 rings (SSSR count). The van der Waals surface area contributed by atoms with Crippen LogP contribution in [0.3, 0.4) is 0 Å². The summed E-state index contributed by atoms with van der Waals surface area (Å²) in [6.07, 6.45) is 3.86. The molecule has 1 nitrogen and oxygen atoms in total. The summed E-state index contributed by atoms with van der Waals surface area (Å²) >= 11 is 1.90. The minimum atomic E-state index is 0.304. The van der Waals surface area contributed by atoms with Crippen LogP contribution in [0.2, 0.25) is 0 Å². The summed E-state index contributed by atoms with van der Waals surface area (Å²) in [7, 11) is 0. The van der Waals surface area contributed by atoms with Gasteiger partial charge in [0.05, 0.1) is 0 Å². The summed E-state index contributed by atoms with van der Waals surface area (Å²) < 4.78 is 0. The van der Waals surface area contributed by atoms with Crippen molar-refractivity contribution in [3.8, 4) is 0 Å². The molecule has 0 aromatic heterocycles. The Morgan fingerprint density at radius 1 is 1.25 bits per heavy atom. The Bertz CT molecular complexity index is 360. The maximum Gasteiger partial charge on any atom is 0.0157 e. The summed E-state index contributed by atoms with van der Waals surface area (Å²) in [4.78, 5) is 1.39. The van der Waals surface area contributed by atoms with Crippen molar-refractivity contribution in [2.45, 2.75) is 44.0 Å². The first-order chi connectivity index (χ1) is 7.66. The Hall–Kier alpha value is -0.470. The molecule has 2 N–H and O–H groups in total. The second-order valence-corrected chi connectivity index (χ2v) is 6.10.